The molecule has 1 aliphatic heterocycles. The van der Waals surface area contributed by atoms with Gasteiger partial charge < -0.3 is 14.1 Å². The van der Waals surface area contributed by atoms with E-state index in [1.165, 1.54) is 11.2 Å². The summed E-state index contributed by atoms with van der Waals surface area (Å²) in [5, 5.41) is 0. The second kappa shape index (κ2) is 8.11. The number of imide groups is 1. The zero-order valence-electron chi connectivity index (χ0n) is 17.2. The molecule has 0 spiro atoms. The third-order valence-corrected chi connectivity index (χ3v) is 5.31. The molecule has 0 radical (unpaired) electrons. The van der Waals surface area contributed by atoms with Gasteiger partial charge in [0.15, 0.2) is 5.76 Å². The van der Waals surface area contributed by atoms with E-state index in [0.717, 1.165) is 4.90 Å². The lowest BCUT2D eigenvalue weighted by Crippen LogP contribution is -2.55. The van der Waals surface area contributed by atoms with Crippen LogP contribution in [0.2, 0.25) is 0 Å². The van der Waals surface area contributed by atoms with Gasteiger partial charge in [-0.1, -0.05) is 6.92 Å². The first-order valence-corrected chi connectivity index (χ1v) is 9.77. The summed E-state index contributed by atoms with van der Waals surface area (Å²) in [4.78, 5) is 41.8. The number of hydrogen-bond acceptors (Lipinski definition) is 5. The number of ether oxygens (including phenoxy) is 1. The SMILES string of the molecule is CCOc1ccc(N2C(=O)CC(N(C(=O)c3ccco3)C(C)(C)CC)C2=O)cc1. The van der Waals surface area contributed by atoms with Crippen molar-refractivity contribution in [2.24, 2.45) is 0 Å². The Balaban J connectivity index is 1.93. The highest BCUT2D eigenvalue weighted by Gasteiger charge is 2.48. The summed E-state index contributed by atoms with van der Waals surface area (Å²) < 4.78 is 10.7. The molecule has 0 bridgehead atoms. The number of carbonyl (C=O) groups is 3. The smallest absolute Gasteiger partial charge is 0.290 e. The number of carbonyl (C=O) groups excluding carboxylic acids is 3. The second-order valence-corrected chi connectivity index (χ2v) is 7.53. The molecule has 1 aliphatic rings. The van der Waals surface area contributed by atoms with Gasteiger partial charge in [0, 0.05) is 5.54 Å². The highest BCUT2D eigenvalue weighted by molar-refractivity contribution is 6.23. The molecule has 7 nitrogen and oxygen atoms in total. The van der Waals surface area contributed by atoms with Crippen molar-refractivity contribution in [1.82, 2.24) is 4.90 Å². The molecule has 0 saturated carbocycles. The molecule has 3 amide bonds. The minimum absolute atomic E-state index is 0.0675. The van der Waals surface area contributed by atoms with Crippen molar-refractivity contribution in [3.8, 4) is 5.75 Å². The zero-order chi connectivity index (χ0) is 21.2. The maximum atomic E-state index is 13.3. The predicted octanol–water partition coefficient (Wildman–Crippen LogP) is 3.64. The van der Waals surface area contributed by atoms with Crippen LogP contribution < -0.4 is 9.64 Å². The summed E-state index contributed by atoms with van der Waals surface area (Å²) in [5.74, 6) is -0.352. The van der Waals surface area contributed by atoms with Gasteiger partial charge in [0.25, 0.3) is 11.8 Å². The van der Waals surface area contributed by atoms with Gasteiger partial charge in [-0.2, -0.15) is 0 Å². The Morgan fingerprint density at radius 3 is 2.45 bits per heavy atom. The molecular formula is C22H26N2O5. The Morgan fingerprint density at radius 1 is 1.21 bits per heavy atom. The largest absolute Gasteiger partial charge is 0.494 e. The number of benzene rings is 1. The standard InChI is InChI=1S/C22H26N2O5/c1-5-22(3,4)24(21(27)18-8-7-13-29-18)17-14-19(25)23(20(17)26)15-9-11-16(12-10-15)28-6-2/h7-13,17H,5-6,14H2,1-4H3. The van der Waals surface area contributed by atoms with Crippen LogP contribution in [-0.4, -0.2) is 40.8 Å². The molecule has 1 aromatic carbocycles. The van der Waals surface area contributed by atoms with Gasteiger partial charge in [-0.15, -0.1) is 0 Å². The van der Waals surface area contributed by atoms with Crippen LogP contribution in [0.1, 0.15) is 51.1 Å². The quantitative estimate of drug-likeness (QED) is 0.665. The number of furan rings is 1. The van der Waals surface area contributed by atoms with E-state index in [-0.39, 0.29) is 18.1 Å². The fourth-order valence-corrected chi connectivity index (χ4v) is 3.47. The van der Waals surface area contributed by atoms with Crippen LogP contribution in [0.15, 0.2) is 47.1 Å². The molecular weight excluding hydrogens is 372 g/mol. The van der Waals surface area contributed by atoms with E-state index in [1.807, 2.05) is 27.7 Å². The third-order valence-electron chi connectivity index (χ3n) is 5.31. The van der Waals surface area contributed by atoms with Crippen LogP contribution in [0.4, 0.5) is 5.69 Å². The van der Waals surface area contributed by atoms with Gasteiger partial charge in [-0.3, -0.25) is 14.4 Å². The van der Waals surface area contributed by atoms with E-state index in [0.29, 0.717) is 24.5 Å². The van der Waals surface area contributed by atoms with Crippen molar-refractivity contribution in [1.29, 1.82) is 0 Å². The number of anilines is 1. The number of nitrogens with zero attached hydrogens (tertiary/aromatic N) is 2. The van der Waals surface area contributed by atoms with Crippen LogP contribution in [0.5, 0.6) is 5.75 Å². The van der Waals surface area contributed by atoms with Crippen LogP contribution in [0.25, 0.3) is 0 Å². The molecule has 7 heteroatoms. The molecule has 2 heterocycles. The molecule has 154 valence electrons. The van der Waals surface area contributed by atoms with Gasteiger partial charge in [-0.05, 0) is 63.6 Å². The van der Waals surface area contributed by atoms with Gasteiger partial charge in [0.05, 0.1) is 25.0 Å². The maximum Gasteiger partial charge on any atom is 0.290 e. The normalized spacial score (nSPS) is 17.0. The zero-order valence-corrected chi connectivity index (χ0v) is 17.2. The summed E-state index contributed by atoms with van der Waals surface area (Å²) >= 11 is 0. The van der Waals surface area contributed by atoms with Crippen molar-refractivity contribution < 1.29 is 23.5 Å². The Kier molecular flexibility index (Phi) is 5.77. The first kappa shape index (κ1) is 20.6. The summed E-state index contributed by atoms with van der Waals surface area (Å²) in [6.45, 7) is 8.11. The van der Waals surface area contributed by atoms with Crippen LogP contribution >= 0.6 is 0 Å². The van der Waals surface area contributed by atoms with E-state index in [4.69, 9.17) is 9.15 Å². The van der Waals surface area contributed by atoms with Gasteiger partial charge in [0.1, 0.15) is 11.8 Å². The molecule has 29 heavy (non-hydrogen) atoms. The van der Waals surface area contributed by atoms with Crippen molar-refractivity contribution in [3.05, 3.63) is 48.4 Å². The molecule has 2 aromatic rings. The number of hydrogen-bond donors (Lipinski definition) is 0. The molecule has 3 rings (SSSR count). The van der Waals surface area contributed by atoms with E-state index < -0.39 is 23.4 Å². The molecule has 1 unspecified atom stereocenters. The number of rotatable bonds is 7. The lowest BCUT2D eigenvalue weighted by molar-refractivity contribution is -0.123. The van der Waals surface area contributed by atoms with Gasteiger partial charge in [0.2, 0.25) is 5.91 Å². The van der Waals surface area contributed by atoms with Crippen molar-refractivity contribution in [2.75, 3.05) is 11.5 Å². The fraction of sp³-hybridized carbons (Fsp3) is 0.409. The first-order chi connectivity index (χ1) is 13.8. The lowest BCUT2D eigenvalue weighted by atomic mass is 9.95. The van der Waals surface area contributed by atoms with E-state index >= 15 is 0 Å². The van der Waals surface area contributed by atoms with Crippen molar-refractivity contribution in [2.45, 2.75) is 52.1 Å². The fourth-order valence-electron chi connectivity index (χ4n) is 3.47. The Morgan fingerprint density at radius 2 is 1.90 bits per heavy atom. The first-order valence-electron chi connectivity index (χ1n) is 9.77. The average molecular weight is 398 g/mol. The molecule has 0 N–H and O–H groups in total. The summed E-state index contributed by atoms with van der Waals surface area (Å²) in [5.41, 5.74) is -0.176. The molecule has 1 aromatic heterocycles. The summed E-state index contributed by atoms with van der Waals surface area (Å²) in [7, 11) is 0. The van der Waals surface area contributed by atoms with E-state index in [1.54, 1.807) is 36.4 Å². The molecule has 1 fully saturated rings. The number of amides is 3. The Hall–Kier alpha value is -3.09. The average Bonchev–Trinajstić information content (AvgIpc) is 3.32. The minimum Gasteiger partial charge on any atom is -0.494 e. The Labute approximate surface area is 170 Å². The third kappa shape index (κ3) is 3.90. The monoisotopic (exact) mass is 398 g/mol. The Bertz CT molecular complexity index is 886. The molecule has 1 saturated heterocycles. The van der Waals surface area contributed by atoms with Crippen LogP contribution in [0, 0.1) is 0 Å². The van der Waals surface area contributed by atoms with E-state index in [9.17, 15) is 14.4 Å². The van der Waals surface area contributed by atoms with Crippen molar-refractivity contribution in [3.63, 3.8) is 0 Å². The second-order valence-electron chi connectivity index (χ2n) is 7.53. The highest BCUT2D eigenvalue weighted by Crippen LogP contribution is 2.33. The lowest BCUT2D eigenvalue weighted by Gasteiger charge is -2.40. The molecule has 1 atom stereocenters. The molecule has 0 aliphatic carbocycles. The highest BCUT2D eigenvalue weighted by atomic mass is 16.5. The van der Waals surface area contributed by atoms with Crippen LogP contribution in [0.3, 0.4) is 0 Å². The summed E-state index contributed by atoms with van der Waals surface area (Å²) in [6, 6.07) is 9.08. The topological polar surface area (TPSA) is 80.1 Å². The van der Waals surface area contributed by atoms with Crippen molar-refractivity contribution >= 4 is 23.4 Å². The predicted molar refractivity (Wildman–Crippen MR) is 108 cm³/mol. The summed E-state index contributed by atoms with van der Waals surface area (Å²) in [6.07, 6.45) is 1.96. The van der Waals surface area contributed by atoms with Gasteiger partial charge >= 0.3 is 0 Å². The maximum absolute atomic E-state index is 13.3. The van der Waals surface area contributed by atoms with E-state index in [2.05, 4.69) is 0 Å². The van der Waals surface area contributed by atoms with Crippen LogP contribution in [-0.2, 0) is 9.59 Å². The van der Waals surface area contributed by atoms with Gasteiger partial charge in [-0.25, -0.2) is 4.90 Å². The minimum atomic E-state index is -0.887.